The number of benzene rings is 1. The number of furan rings is 1. The van der Waals surface area contributed by atoms with Gasteiger partial charge in [-0.05, 0) is 40.2 Å². The summed E-state index contributed by atoms with van der Waals surface area (Å²) in [5, 5.41) is 3.11. The van der Waals surface area contributed by atoms with E-state index in [2.05, 4.69) is 21.2 Å². The molecule has 0 unspecified atom stereocenters. The van der Waals surface area contributed by atoms with Gasteiger partial charge in [-0.25, -0.2) is 4.39 Å². The number of anilines is 1. The third kappa shape index (κ3) is 2.59. The van der Waals surface area contributed by atoms with E-state index in [1.807, 2.05) is 6.07 Å². The zero-order valence-corrected chi connectivity index (χ0v) is 9.42. The lowest BCUT2D eigenvalue weighted by Crippen LogP contribution is -1.99. The van der Waals surface area contributed by atoms with E-state index in [0.717, 1.165) is 15.7 Å². The zero-order valence-electron chi connectivity index (χ0n) is 7.84. The van der Waals surface area contributed by atoms with Crippen LogP contribution in [0.15, 0.2) is 45.7 Å². The van der Waals surface area contributed by atoms with Gasteiger partial charge in [-0.1, -0.05) is 0 Å². The van der Waals surface area contributed by atoms with Crippen LogP contribution in [0.3, 0.4) is 0 Å². The Morgan fingerprint density at radius 3 is 2.93 bits per heavy atom. The van der Waals surface area contributed by atoms with Gasteiger partial charge >= 0.3 is 0 Å². The van der Waals surface area contributed by atoms with Crippen LogP contribution in [0.4, 0.5) is 10.1 Å². The van der Waals surface area contributed by atoms with Gasteiger partial charge in [0, 0.05) is 16.6 Å². The fourth-order valence-corrected chi connectivity index (χ4v) is 1.61. The second-order valence-electron chi connectivity index (χ2n) is 3.11. The third-order valence-corrected chi connectivity index (χ3v) is 2.68. The molecule has 0 bridgehead atoms. The molecule has 1 N–H and O–H groups in total. The monoisotopic (exact) mass is 269 g/mol. The van der Waals surface area contributed by atoms with Gasteiger partial charge in [0.1, 0.15) is 5.82 Å². The van der Waals surface area contributed by atoms with Gasteiger partial charge in [0.2, 0.25) is 0 Å². The molecule has 2 aromatic rings. The van der Waals surface area contributed by atoms with Gasteiger partial charge in [-0.2, -0.15) is 0 Å². The summed E-state index contributed by atoms with van der Waals surface area (Å²) < 4.78 is 18.7. The van der Waals surface area contributed by atoms with E-state index >= 15 is 0 Å². The van der Waals surface area contributed by atoms with Gasteiger partial charge in [0.25, 0.3) is 0 Å². The van der Waals surface area contributed by atoms with E-state index in [1.165, 1.54) is 12.1 Å². The molecule has 0 aliphatic rings. The Bertz CT molecular complexity index is 442. The van der Waals surface area contributed by atoms with Crippen molar-refractivity contribution >= 4 is 21.6 Å². The molecule has 1 aromatic heterocycles. The molecule has 0 aliphatic heterocycles. The SMILES string of the molecule is Fc1ccc(Br)c(NCc2ccoc2)c1. The van der Waals surface area contributed by atoms with Crippen LogP contribution in [-0.2, 0) is 6.54 Å². The van der Waals surface area contributed by atoms with Crippen molar-refractivity contribution < 1.29 is 8.81 Å². The fraction of sp³-hybridized carbons (Fsp3) is 0.0909. The van der Waals surface area contributed by atoms with E-state index in [1.54, 1.807) is 18.6 Å². The normalized spacial score (nSPS) is 10.3. The Labute approximate surface area is 95.2 Å². The smallest absolute Gasteiger partial charge is 0.125 e. The molecule has 4 heteroatoms. The lowest BCUT2D eigenvalue weighted by Gasteiger charge is -2.06. The minimum Gasteiger partial charge on any atom is -0.472 e. The number of hydrogen-bond donors (Lipinski definition) is 1. The fourth-order valence-electron chi connectivity index (χ4n) is 1.22. The lowest BCUT2D eigenvalue weighted by molar-refractivity contribution is 0.564. The topological polar surface area (TPSA) is 25.2 Å². The molecule has 0 spiro atoms. The van der Waals surface area contributed by atoms with Gasteiger partial charge in [-0.15, -0.1) is 0 Å². The Kier molecular flexibility index (Phi) is 3.06. The number of rotatable bonds is 3. The van der Waals surface area contributed by atoms with Crippen LogP contribution < -0.4 is 5.32 Å². The van der Waals surface area contributed by atoms with Crippen molar-refractivity contribution in [3.8, 4) is 0 Å². The van der Waals surface area contributed by atoms with E-state index in [-0.39, 0.29) is 5.82 Å². The van der Waals surface area contributed by atoms with Crippen molar-refractivity contribution in [2.45, 2.75) is 6.54 Å². The maximum Gasteiger partial charge on any atom is 0.125 e. The Morgan fingerprint density at radius 1 is 1.33 bits per heavy atom. The summed E-state index contributed by atoms with van der Waals surface area (Å²) in [4.78, 5) is 0. The van der Waals surface area contributed by atoms with Crippen molar-refractivity contribution in [3.05, 3.63) is 52.6 Å². The number of halogens is 2. The van der Waals surface area contributed by atoms with Gasteiger partial charge in [0.05, 0.1) is 18.2 Å². The second kappa shape index (κ2) is 4.49. The third-order valence-electron chi connectivity index (χ3n) is 1.99. The maximum absolute atomic E-state index is 12.9. The molecule has 0 radical (unpaired) electrons. The van der Waals surface area contributed by atoms with Crippen molar-refractivity contribution in [2.24, 2.45) is 0 Å². The molecular formula is C11H9BrFNO. The molecule has 78 valence electrons. The molecule has 2 rings (SSSR count). The van der Waals surface area contributed by atoms with Crippen molar-refractivity contribution in [2.75, 3.05) is 5.32 Å². The summed E-state index contributed by atoms with van der Waals surface area (Å²) in [5.41, 5.74) is 1.75. The van der Waals surface area contributed by atoms with Gasteiger partial charge in [-0.3, -0.25) is 0 Å². The van der Waals surface area contributed by atoms with Crippen molar-refractivity contribution in [1.29, 1.82) is 0 Å². The van der Waals surface area contributed by atoms with E-state index < -0.39 is 0 Å². The molecule has 15 heavy (non-hydrogen) atoms. The predicted molar refractivity (Wildman–Crippen MR) is 60.1 cm³/mol. The second-order valence-corrected chi connectivity index (χ2v) is 3.96. The van der Waals surface area contributed by atoms with E-state index in [9.17, 15) is 4.39 Å². The standard InChI is InChI=1S/C11H9BrFNO/c12-10-2-1-9(13)5-11(10)14-6-8-3-4-15-7-8/h1-5,7,14H,6H2. The zero-order chi connectivity index (χ0) is 10.7. The highest BCUT2D eigenvalue weighted by Gasteiger charge is 2.01. The average molecular weight is 270 g/mol. The summed E-state index contributed by atoms with van der Waals surface area (Å²) in [5.74, 6) is -0.257. The predicted octanol–water partition coefficient (Wildman–Crippen LogP) is 3.79. The molecule has 1 aromatic carbocycles. The van der Waals surface area contributed by atoms with Crippen molar-refractivity contribution in [1.82, 2.24) is 0 Å². The summed E-state index contributed by atoms with van der Waals surface area (Å²) in [6.07, 6.45) is 3.26. The summed E-state index contributed by atoms with van der Waals surface area (Å²) in [6, 6.07) is 6.39. The van der Waals surface area contributed by atoms with Crippen LogP contribution in [0.1, 0.15) is 5.56 Å². The molecule has 1 heterocycles. The first-order chi connectivity index (χ1) is 7.25. The summed E-state index contributed by atoms with van der Waals surface area (Å²) in [6.45, 7) is 0.610. The van der Waals surface area contributed by atoms with Crippen LogP contribution >= 0.6 is 15.9 Å². The van der Waals surface area contributed by atoms with Crippen molar-refractivity contribution in [3.63, 3.8) is 0 Å². The van der Waals surface area contributed by atoms with Gasteiger partial charge in [0.15, 0.2) is 0 Å². The average Bonchev–Trinajstić information content (AvgIpc) is 2.72. The molecule has 0 aliphatic carbocycles. The maximum atomic E-state index is 12.9. The highest BCUT2D eigenvalue weighted by molar-refractivity contribution is 9.10. The molecule has 0 saturated carbocycles. The minimum absolute atomic E-state index is 0.257. The summed E-state index contributed by atoms with van der Waals surface area (Å²) in [7, 11) is 0. The Hall–Kier alpha value is -1.29. The first-order valence-electron chi connectivity index (χ1n) is 4.46. The van der Waals surface area contributed by atoms with Crippen LogP contribution in [-0.4, -0.2) is 0 Å². The largest absolute Gasteiger partial charge is 0.472 e. The highest BCUT2D eigenvalue weighted by atomic mass is 79.9. The first-order valence-corrected chi connectivity index (χ1v) is 5.25. The molecule has 0 fully saturated rings. The minimum atomic E-state index is -0.257. The molecule has 0 saturated heterocycles. The van der Waals surface area contributed by atoms with Crippen LogP contribution in [0.5, 0.6) is 0 Å². The van der Waals surface area contributed by atoms with Crippen LogP contribution in [0.2, 0.25) is 0 Å². The number of nitrogens with one attached hydrogen (secondary N) is 1. The van der Waals surface area contributed by atoms with Crippen LogP contribution in [0, 0.1) is 5.82 Å². The Morgan fingerprint density at radius 2 is 2.20 bits per heavy atom. The quantitative estimate of drug-likeness (QED) is 0.917. The first kappa shape index (κ1) is 10.2. The summed E-state index contributed by atoms with van der Waals surface area (Å²) >= 11 is 3.34. The van der Waals surface area contributed by atoms with E-state index in [0.29, 0.717) is 6.54 Å². The Balaban J connectivity index is 2.07. The molecule has 0 amide bonds. The molecule has 0 atom stereocenters. The highest BCUT2D eigenvalue weighted by Crippen LogP contribution is 2.23. The van der Waals surface area contributed by atoms with Gasteiger partial charge < -0.3 is 9.73 Å². The molecule has 2 nitrogen and oxygen atoms in total. The van der Waals surface area contributed by atoms with E-state index in [4.69, 9.17) is 4.42 Å². The number of hydrogen-bond acceptors (Lipinski definition) is 2. The molecular weight excluding hydrogens is 261 g/mol. The van der Waals surface area contributed by atoms with Crippen LogP contribution in [0.25, 0.3) is 0 Å². The lowest BCUT2D eigenvalue weighted by atomic mass is 10.3.